The molecule has 0 bridgehead atoms. The lowest BCUT2D eigenvalue weighted by Crippen LogP contribution is -2.35. The predicted octanol–water partition coefficient (Wildman–Crippen LogP) is 2.80. The lowest BCUT2D eigenvalue weighted by atomic mass is 10.1. The van der Waals surface area contributed by atoms with Crippen molar-refractivity contribution in [1.82, 2.24) is 4.90 Å². The molecule has 1 N–H and O–H groups in total. The number of piperidine rings is 1. The molecule has 0 amide bonds. The van der Waals surface area contributed by atoms with Crippen LogP contribution in [0.25, 0.3) is 0 Å². The number of aliphatic hydroxyl groups is 1. The third kappa shape index (κ3) is 3.91. The van der Waals surface area contributed by atoms with Gasteiger partial charge in [0, 0.05) is 19.6 Å². The summed E-state index contributed by atoms with van der Waals surface area (Å²) in [6, 6.07) is 2.61. The Morgan fingerprint density at radius 2 is 1.79 bits per heavy atom. The number of benzene rings is 1. The molecule has 1 saturated heterocycles. The molecule has 0 radical (unpaired) electrons. The van der Waals surface area contributed by atoms with E-state index < -0.39 is 17.6 Å². The minimum Gasteiger partial charge on any atom is -0.393 e. The van der Waals surface area contributed by atoms with Gasteiger partial charge in [0.1, 0.15) is 5.82 Å². The number of nitrogens with zero attached hydrogens (tertiary/aromatic N) is 1. The first-order chi connectivity index (χ1) is 8.84. The first-order valence-corrected chi connectivity index (χ1v) is 6.11. The molecule has 1 aliphatic heterocycles. The summed E-state index contributed by atoms with van der Waals surface area (Å²) >= 11 is 0. The molecule has 1 fully saturated rings. The van der Waals surface area contributed by atoms with Crippen molar-refractivity contribution < 1.29 is 22.7 Å². The van der Waals surface area contributed by atoms with Gasteiger partial charge >= 0.3 is 6.18 Å². The molecule has 1 aromatic rings. The van der Waals surface area contributed by atoms with Gasteiger partial charge in [-0.2, -0.15) is 13.2 Å². The van der Waals surface area contributed by atoms with Crippen molar-refractivity contribution in [3.63, 3.8) is 0 Å². The van der Waals surface area contributed by atoms with E-state index in [0.29, 0.717) is 37.6 Å². The van der Waals surface area contributed by atoms with Crippen LogP contribution in [0.5, 0.6) is 0 Å². The molecule has 2 rings (SSSR count). The molecule has 0 aliphatic carbocycles. The smallest absolute Gasteiger partial charge is 0.393 e. The van der Waals surface area contributed by atoms with Gasteiger partial charge in [0.25, 0.3) is 0 Å². The van der Waals surface area contributed by atoms with Crippen molar-refractivity contribution in [1.29, 1.82) is 0 Å². The monoisotopic (exact) mass is 277 g/mol. The minimum atomic E-state index is -4.53. The van der Waals surface area contributed by atoms with E-state index in [1.165, 1.54) is 0 Å². The summed E-state index contributed by atoms with van der Waals surface area (Å²) in [7, 11) is 0. The quantitative estimate of drug-likeness (QED) is 0.840. The van der Waals surface area contributed by atoms with E-state index in [-0.39, 0.29) is 12.6 Å². The predicted molar refractivity (Wildman–Crippen MR) is 61.9 cm³/mol. The molecule has 6 heteroatoms. The number of rotatable bonds is 2. The maximum atomic E-state index is 13.2. The van der Waals surface area contributed by atoms with Crippen molar-refractivity contribution in [2.24, 2.45) is 0 Å². The normalized spacial score (nSPS) is 18.8. The van der Waals surface area contributed by atoms with Gasteiger partial charge in [-0.05, 0) is 36.6 Å². The molecule has 1 aromatic carbocycles. The van der Waals surface area contributed by atoms with Gasteiger partial charge < -0.3 is 5.11 Å². The van der Waals surface area contributed by atoms with E-state index in [9.17, 15) is 22.7 Å². The molecule has 1 aliphatic rings. The highest BCUT2D eigenvalue weighted by Gasteiger charge is 2.31. The third-order valence-electron chi connectivity index (χ3n) is 3.25. The van der Waals surface area contributed by atoms with Gasteiger partial charge in [0.05, 0.1) is 11.7 Å². The lowest BCUT2D eigenvalue weighted by Gasteiger charge is -2.29. The van der Waals surface area contributed by atoms with Crippen LogP contribution in [0.2, 0.25) is 0 Å². The number of hydrogen-bond acceptors (Lipinski definition) is 2. The van der Waals surface area contributed by atoms with Gasteiger partial charge in [-0.1, -0.05) is 0 Å². The van der Waals surface area contributed by atoms with Crippen LogP contribution in [0.15, 0.2) is 18.2 Å². The van der Waals surface area contributed by atoms with E-state index >= 15 is 0 Å². The van der Waals surface area contributed by atoms with E-state index in [0.717, 1.165) is 12.1 Å². The fourth-order valence-electron chi connectivity index (χ4n) is 2.24. The Bertz CT molecular complexity index is 439. The van der Waals surface area contributed by atoms with Crippen LogP contribution in [0.3, 0.4) is 0 Å². The molecular weight excluding hydrogens is 262 g/mol. The highest BCUT2D eigenvalue weighted by molar-refractivity contribution is 5.26. The molecule has 106 valence electrons. The molecule has 0 saturated carbocycles. The lowest BCUT2D eigenvalue weighted by molar-refractivity contribution is -0.137. The average Bonchev–Trinajstić information content (AvgIpc) is 2.30. The number of halogens is 4. The van der Waals surface area contributed by atoms with Crippen LogP contribution >= 0.6 is 0 Å². The van der Waals surface area contributed by atoms with Crippen LogP contribution in [0, 0.1) is 5.82 Å². The van der Waals surface area contributed by atoms with E-state index in [2.05, 4.69) is 0 Å². The fraction of sp³-hybridized carbons (Fsp3) is 0.538. The molecule has 19 heavy (non-hydrogen) atoms. The minimum absolute atomic E-state index is 0.271. The van der Waals surface area contributed by atoms with Gasteiger partial charge in [0.2, 0.25) is 0 Å². The molecule has 1 heterocycles. The van der Waals surface area contributed by atoms with E-state index in [1.807, 2.05) is 4.90 Å². The van der Waals surface area contributed by atoms with Crippen LogP contribution in [0.4, 0.5) is 17.6 Å². The van der Waals surface area contributed by atoms with Gasteiger partial charge in [-0.3, -0.25) is 4.90 Å². The van der Waals surface area contributed by atoms with Crippen LogP contribution in [-0.2, 0) is 12.7 Å². The number of likely N-dealkylation sites (tertiary alicyclic amines) is 1. The summed E-state index contributed by atoms with van der Waals surface area (Å²) in [5.41, 5.74) is -0.650. The summed E-state index contributed by atoms with van der Waals surface area (Å²) in [6.45, 7) is 1.49. The summed E-state index contributed by atoms with van der Waals surface area (Å²) in [5.74, 6) is -0.873. The van der Waals surface area contributed by atoms with E-state index in [1.54, 1.807) is 0 Å². The summed E-state index contributed by atoms with van der Waals surface area (Å²) in [4.78, 5) is 1.92. The Labute approximate surface area is 108 Å². The first kappa shape index (κ1) is 14.3. The molecule has 0 spiro atoms. The second kappa shape index (κ2) is 5.46. The second-order valence-corrected chi connectivity index (χ2v) is 4.85. The van der Waals surface area contributed by atoms with E-state index in [4.69, 9.17) is 0 Å². The zero-order valence-corrected chi connectivity index (χ0v) is 10.3. The van der Waals surface area contributed by atoms with Crippen molar-refractivity contribution in [3.8, 4) is 0 Å². The highest BCUT2D eigenvalue weighted by atomic mass is 19.4. The molecule has 0 atom stereocenters. The summed E-state index contributed by atoms with van der Waals surface area (Å²) < 4.78 is 50.9. The Balaban J connectivity index is 2.10. The number of alkyl halides is 3. The van der Waals surface area contributed by atoms with Gasteiger partial charge in [-0.25, -0.2) is 4.39 Å². The molecular formula is C13H15F4NO. The second-order valence-electron chi connectivity index (χ2n) is 4.85. The average molecular weight is 277 g/mol. The Hall–Kier alpha value is -1.14. The van der Waals surface area contributed by atoms with Gasteiger partial charge in [-0.15, -0.1) is 0 Å². The Morgan fingerprint density at radius 3 is 2.37 bits per heavy atom. The maximum absolute atomic E-state index is 13.2. The highest BCUT2D eigenvalue weighted by Crippen LogP contribution is 2.30. The summed E-state index contributed by atoms with van der Waals surface area (Å²) in [5, 5.41) is 9.35. The standard InChI is InChI=1S/C13H15F4NO/c14-11-6-9(5-10(7-11)13(15,16)17)8-18-3-1-12(19)2-4-18/h5-7,12,19H,1-4,8H2. The van der Waals surface area contributed by atoms with Crippen LogP contribution in [-0.4, -0.2) is 29.2 Å². The Kier molecular flexibility index (Phi) is 4.10. The van der Waals surface area contributed by atoms with Crippen molar-refractivity contribution in [2.45, 2.75) is 31.7 Å². The Morgan fingerprint density at radius 1 is 1.16 bits per heavy atom. The summed E-state index contributed by atoms with van der Waals surface area (Å²) in [6.07, 6.45) is -3.67. The number of hydrogen-bond donors (Lipinski definition) is 1. The molecule has 0 unspecified atom stereocenters. The molecule has 0 aromatic heterocycles. The first-order valence-electron chi connectivity index (χ1n) is 6.11. The molecule has 2 nitrogen and oxygen atoms in total. The number of aliphatic hydroxyl groups excluding tert-OH is 1. The van der Waals surface area contributed by atoms with Crippen molar-refractivity contribution >= 4 is 0 Å². The van der Waals surface area contributed by atoms with Crippen molar-refractivity contribution in [3.05, 3.63) is 35.1 Å². The zero-order valence-electron chi connectivity index (χ0n) is 10.3. The largest absolute Gasteiger partial charge is 0.416 e. The SMILES string of the molecule is OC1CCN(Cc2cc(F)cc(C(F)(F)F)c2)CC1. The van der Waals surface area contributed by atoms with Crippen LogP contribution < -0.4 is 0 Å². The fourth-order valence-corrected chi connectivity index (χ4v) is 2.24. The maximum Gasteiger partial charge on any atom is 0.416 e. The van der Waals surface area contributed by atoms with Crippen molar-refractivity contribution in [2.75, 3.05) is 13.1 Å². The third-order valence-corrected chi connectivity index (χ3v) is 3.25. The van der Waals surface area contributed by atoms with Crippen LogP contribution in [0.1, 0.15) is 24.0 Å². The zero-order chi connectivity index (χ0) is 14.0. The topological polar surface area (TPSA) is 23.5 Å². The van der Waals surface area contributed by atoms with Gasteiger partial charge in [0.15, 0.2) is 0 Å².